The Labute approximate surface area is 92.2 Å². The van der Waals surface area contributed by atoms with E-state index < -0.39 is 12.8 Å². The van der Waals surface area contributed by atoms with Crippen molar-refractivity contribution in [3.8, 4) is 0 Å². The van der Waals surface area contributed by atoms with Crippen LogP contribution in [0.4, 0.5) is 13.2 Å². The van der Waals surface area contributed by atoms with Gasteiger partial charge in [0.1, 0.15) is 6.61 Å². The lowest BCUT2D eigenvalue weighted by Crippen LogP contribution is -2.44. The molecular weight excluding hydrogens is 225 g/mol. The first-order valence-corrected chi connectivity index (χ1v) is 4.77. The molecule has 0 aromatic heterocycles. The highest BCUT2D eigenvalue weighted by Crippen LogP contribution is 2.13. The first kappa shape index (κ1) is 15.0. The molecule has 0 aromatic rings. The van der Waals surface area contributed by atoms with Gasteiger partial charge in [0.2, 0.25) is 5.96 Å². The molecular formula is C8H17F3N4O. The third-order valence-corrected chi connectivity index (χ3v) is 1.33. The van der Waals surface area contributed by atoms with E-state index in [0.29, 0.717) is 5.96 Å². The van der Waals surface area contributed by atoms with Crippen LogP contribution in [0.5, 0.6) is 0 Å². The highest BCUT2D eigenvalue weighted by atomic mass is 19.4. The first-order chi connectivity index (χ1) is 7.35. The zero-order chi connectivity index (χ0) is 12.6. The number of nitrogens with two attached hydrogens (primary N) is 1. The molecule has 0 aliphatic rings. The normalized spacial score (nSPS) is 13.1. The second-order valence-corrected chi connectivity index (χ2v) is 3.34. The maximum atomic E-state index is 11.7. The molecule has 5 nitrogen and oxygen atoms in total. The van der Waals surface area contributed by atoms with Gasteiger partial charge in [-0.25, -0.2) is 10.8 Å². The van der Waals surface area contributed by atoms with Gasteiger partial charge in [-0.1, -0.05) is 0 Å². The zero-order valence-corrected chi connectivity index (χ0v) is 9.27. The van der Waals surface area contributed by atoms with Crippen molar-refractivity contribution < 1.29 is 17.9 Å². The monoisotopic (exact) mass is 242 g/mol. The van der Waals surface area contributed by atoms with Gasteiger partial charge in [0, 0.05) is 6.04 Å². The molecule has 16 heavy (non-hydrogen) atoms. The second kappa shape index (κ2) is 7.29. The third kappa shape index (κ3) is 9.53. The van der Waals surface area contributed by atoms with Crippen LogP contribution in [-0.2, 0) is 4.74 Å². The molecule has 0 aliphatic heterocycles. The Morgan fingerprint density at radius 3 is 2.50 bits per heavy atom. The Bertz CT molecular complexity index is 218. The molecule has 0 fully saturated rings. The van der Waals surface area contributed by atoms with Gasteiger partial charge >= 0.3 is 6.18 Å². The summed E-state index contributed by atoms with van der Waals surface area (Å²) in [5.74, 6) is 5.47. The van der Waals surface area contributed by atoms with Crippen LogP contribution in [0.25, 0.3) is 0 Å². The number of alkyl halides is 3. The standard InChI is InChI=1S/C8H17F3N4O/c1-6(2)14-7(15-12)13-3-4-16-5-8(9,10)11/h6H,3-5,12H2,1-2H3,(H2,13,14,15). The summed E-state index contributed by atoms with van der Waals surface area (Å²) in [4.78, 5) is 3.88. The summed E-state index contributed by atoms with van der Waals surface area (Å²) in [6, 6.07) is 0.130. The fourth-order valence-corrected chi connectivity index (χ4v) is 0.816. The largest absolute Gasteiger partial charge is 0.411 e. The van der Waals surface area contributed by atoms with E-state index in [1.165, 1.54) is 0 Å². The molecule has 0 aromatic carbocycles. The summed E-state index contributed by atoms with van der Waals surface area (Å²) in [5, 5.41) is 2.87. The lowest BCUT2D eigenvalue weighted by Gasteiger charge is -2.12. The fraction of sp³-hybridized carbons (Fsp3) is 0.875. The molecule has 0 saturated heterocycles. The van der Waals surface area contributed by atoms with E-state index in [1.54, 1.807) is 0 Å². The molecule has 0 heterocycles. The highest BCUT2D eigenvalue weighted by molar-refractivity contribution is 5.79. The summed E-state index contributed by atoms with van der Waals surface area (Å²) >= 11 is 0. The van der Waals surface area contributed by atoms with Crippen molar-refractivity contribution in [1.82, 2.24) is 10.7 Å². The van der Waals surface area contributed by atoms with Crippen molar-refractivity contribution in [2.75, 3.05) is 19.8 Å². The molecule has 0 radical (unpaired) electrons. The van der Waals surface area contributed by atoms with Gasteiger partial charge in [0.05, 0.1) is 13.2 Å². The van der Waals surface area contributed by atoms with Crippen molar-refractivity contribution >= 4 is 5.96 Å². The van der Waals surface area contributed by atoms with Gasteiger partial charge in [0.25, 0.3) is 0 Å². The number of ether oxygens (including phenoxy) is 1. The smallest absolute Gasteiger partial charge is 0.370 e. The lowest BCUT2D eigenvalue weighted by molar-refractivity contribution is -0.173. The van der Waals surface area contributed by atoms with Crippen LogP contribution in [-0.4, -0.2) is 37.9 Å². The van der Waals surface area contributed by atoms with Crippen molar-refractivity contribution in [1.29, 1.82) is 0 Å². The van der Waals surface area contributed by atoms with Crippen molar-refractivity contribution in [3.63, 3.8) is 0 Å². The Morgan fingerprint density at radius 1 is 1.44 bits per heavy atom. The van der Waals surface area contributed by atoms with Crippen molar-refractivity contribution in [2.24, 2.45) is 10.8 Å². The van der Waals surface area contributed by atoms with Crippen LogP contribution in [0.2, 0.25) is 0 Å². The van der Waals surface area contributed by atoms with Gasteiger partial charge in [0.15, 0.2) is 0 Å². The van der Waals surface area contributed by atoms with Gasteiger partial charge < -0.3 is 10.1 Å². The molecule has 0 unspecified atom stereocenters. The minimum atomic E-state index is -4.30. The molecule has 96 valence electrons. The maximum absolute atomic E-state index is 11.7. The van der Waals surface area contributed by atoms with Gasteiger partial charge in [-0.15, -0.1) is 0 Å². The van der Waals surface area contributed by atoms with Crippen LogP contribution >= 0.6 is 0 Å². The zero-order valence-electron chi connectivity index (χ0n) is 9.27. The van der Waals surface area contributed by atoms with Crippen LogP contribution in [0.15, 0.2) is 4.99 Å². The number of nitrogens with one attached hydrogen (secondary N) is 2. The number of rotatable bonds is 5. The average molecular weight is 242 g/mol. The summed E-state index contributed by atoms with van der Waals surface area (Å²) < 4.78 is 39.4. The maximum Gasteiger partial charge on any atom is 0.411 e. The Morgan fingerprint density at radius 2 is 2.06 bits per heavy atom. The molecule has 0 spiro atoms. The molecule has 0 rings (SSSR count). The van der Waals surface area contributed by atoms with Crippen LogP contribution < -0.4 is 16.6 Å². The molecule has 0 atom stereocenters. The molecule has 0 bridgehead atoms. The van der Waals surface area contributed by atoms with E-state index in [-0.39, 0.29) is 19.2 Å². The lowest BCUT2D eigenvalue weighted by atomic mass is 10.4. The minimum Gasteiger partial charge on any atom is -0.370 e. The third-order valence-electron chi connectivity index (χ3n) is 1.33. The predicted molar refractivity (Wildman–Crippen MR) is 54.8 cm³/mol. The summed E-state index contributed by atoms with van der Waals surface area (Å²) in [7, 11) is 0. The summed E-state index contributed by atoms with van der Waals surface area (Å²) in [6.45, 7) is 2.51. The van der Waals surface area contributed by atoms with Gasteiger partial charge in [-0.2, -0.15) is 13.2 Å². The second-order valence-electron chi connectivity index (χ2n) is 3.34. The van der Waals surface area contributed by atoms with E-state index in [1.807, 2.05) is 13.8 Å². The number of nitrogens with zero attached hydrogens (tertiary/aromatic N) is 1. The number of halogens is 3. The minimum absolute atomic E-state index is 0.106. The quantitative estimate of drug-likeness (QED) is 0.214. The summed E-state index contributed by atoms with van der Waals surface area (Å²) in [6.07, 6.45) is -4.30. The molecule has 0 saturated carbocycles. The van der Waals surface area contributed by atoms with E-state index in [9.17, 15) is 13.2 Å². The number of guanidine groups is 1. The van der Waals surface area contributed by atoms with Crippen LogP contribution in [0.1, 0.15) is 13.8 Å². The van der Waals surface area contributed by atoms with Crippen LogP contribution in [0.3, 0.4) is 0 Å². The number of hydrogen-bond donors (Lipinski definition) is 3. The van der Waals surface area contributed by atoms with Gasteiger partial charge in [-0.3, -0.25) is 5.43 Å². The van der Waals surface area contributed by atoms with E-state index >= 15 is 0 Å². The van der Waals surface area contributed by atoms with Crippen molar-refractivity contribution in [3.05, 3.63) is 0 Å². The molecule has 0 aliphatic carbocycles. The van der Waals surface area contributed by atoms with Crippen LogP contribution in [0, 0.1) is 0 Å². The Hall–Kier alpha value is -1.02. The predicted octanol–water partition coefficient (Wildman–Crippen LogP) is 0.383. The molecule has 8 heteroatoms. The summed E-state index contributed by atoms with van der Waals surface area (Å²) in [5.41, 5.74) is 2.30. The average Bonchev–Trinajstić information content (AvgIpc) is 2.13. The highest BCUT2D eigenvalue weighted by Gasteiger charge is 2.27. The number of hydrazine groups is 1. The molecule has 0 amide bonds. The SMILES string of the molecule is CC(C)NC(=NCCOCC(F)(F)F)NN. The number of aliphatic imine (C=N–C) groups is 1. The Kier molecular flexibility index (Phi) is 6.82. The van der Waals surface area contributed by atoms with E-state index in [4.69, 9.17) is 5.84 Å². The molecule has 4 N–H and O–H groups in total. The van der Waals surface area contributed by atoms with E-state index in [0.717, 1.165) is 0 Å². The number of hydrogen-bond acceptors (Lipinski definition) is 3. The first-order valence-electron chi connectivity index (χ1n) is 4.77. The van der Waals surface area contributed by atoms with E-state index in [2.05, 4.69) is 20.5 Å². The van der Waals surface area contributed by atoms with Crippen molar-refractivity contribution in [2.45, 2.75) is 26.1 Å². The van der Waals surface area contributed by atoms with Gasteiger partial charge in [-0.05, 0) is 13.8 Å². The topological polar surface area (TPSA) is 71.7 Å². The fourth-order valence-electron chi connectivity index (χ4n) is 0.816. The Balaban J connectivity index is 3.72.